The third-order valence-electron chi connectivity index (χ3n) is 4.63. The molecule has 2 nitrogen and oxygen atoms in total. The van der Waals surface area contributed by atoms with E-state index < -0.39 is 0 Å². The van der Waals surface area contributed by atoms with Gasteiger partial charge in [0.05, 0.1) is 5.92 Å². The van der Waals surface area contributed by atoms with E-state index in [1.54, 1.807) is 0 Å². The second kappa shape index (κ2) is 9.00. The Morgan fingerprint density at radius 3 is 1.73 bits per heavy atom. The summed E-state index contributed by atoms with van der Waals surface area (Å²) in [5.74, 6) is -0.223. The molecule has 0 aliphatic carbocycles. The van der Waals surface area contributed by atoms with E-state index >= 15 is 0 Å². The Morgan fingerprint density at radius 1 is 0.769 bits per heavy atom. The van der Waals surface area contributed by atoms with E-state index in [0.717, 1.165) is 24.0 Å². The van der Waals surface area contributed by atoms with Crippen LogP contribution in [-0.2, 0) is 11.2 Å². The average Bonchev–Trinajstić information content (AvgIpc) is 2.69. The molecule has 3 aromatic rings. The van der Waals surface area contributed by atoms with Crippen LogP contribution in [0.3, 0.4) is 0 Å². The number of hydrogen-bond donors (Lipinski definition) is 1. The molecule has 0 radical (unpaired) electrons. The quantitative estimate of drug-likeness (QED) is 0.646. The standard InChI is InChI=1S/C24H25NO/c1-19(17-18-20-11-5-2-6-12-20)25-24(26)23(21-13-7-3-8-14-21)22-15-9-4-10-16-22/h2-16,19,23H,17-18H2,1H3,(H,25,26). The number of hydrogen-bond acceptors (Lipinski definition) is 1. The maximum atomic E-state index is 13.1. The highest BCUT2D eigenvalue weighted by molar-refractivity contribution is 5.87. The zero-order valence-corrected chi connectivity index (χ0v) is 15.1. The Kier molecular flexibility index (Phi) is 6.21. The average molecular weight is 343 g/mol. The van der Waals surface area contributed by atoms with Crippen molar-refractivity contribution in [1.82, 2.24) is 5.32 Å². The molecule has 1 atom stereocenters. The minimum atomic E-state index is -0.281. The van der Waals surface area contributed by atoms with Crippen LogP contribution in [0.5, 0.6) is 0 Å². The van der Waals surface area contributed by atoms with Gasteiger partial charge in [-0.1, -0.05) is 91.0 Å². The molecule has 0 spiro atoms. The van der Waals surface area contributed by atoms with Gasteiger partial charge in [-0.15, -0.1) is 0 Å². The molecule has 3 aromatic carbocycles. The van der Waals surface area contributed by atoms with E-state index in [2.05, 4.69) is 36.5 Å². The zero-order chi connectivity index (χ0) is 18.2. The SMILES string of the molecule is CC(CCc1ccccc1)NC(=O)C(c1ccccc1)c1ccccc1. The van der Waals surface area contributed by atoms with Crippen molar-refractivity contribution >= 4 is 5.91 Å². The van der Waals surface area contributed by atoms with Gasteiger partial charge < -0.3 is 5.32 Å². The van der Waals surface area contributed by atoms with Crippen molar-refractivity contribution in [1.29, 1.82) is 0 Å². The topological polar surface area (TPSA) is 29.1 Å². The summed E-state index contributed by atoms with van der Waals surface area (Å²) in [6, 6.07) is 30.5. The van der Waals surface area contributed by atoms with Crippen molar-refractivity contribution in [3.63, 3.8) is 0 Å². The summed E-state index contributed by atoms with van der Waals surface area (Å²) in [7, 11) is 0. The fourth-order valence-electron chi connectivity index (χ4n) is 3.21. The van der Waals surface area contributed by atoms with Crippen LogP contribution in [-0.4, -0.2) is 11.9 Å². The lowest BCUT2D eigenvalue weighted by molar-refractivity contribution is -0.122. The maximum absolute atomic E-state index is 13.1. The van der Waals surface area contributed by atoms with E-state index in [0.29, 0.717) is 0 Å². The van der Waals surface area contributed by atoms with Crippen LogP contribution in [0.25, 0.3) is 0 Å². The third kappa shape index (κ3) is 4.82. The van der Waals surface area contributed by atoms with E-state index in [-0.39, 0.29) is 17.9 Å². The van der Waals surface area contributed by atoms with Crippen LogP contribution in [0.1, 0.15) is 36.0 Å². The van der Waals surface area contributed by atoms with Crippen LogP contribution < -0.4 is 5.32 Å². The van der Waals surface area contributed by atoms with Gasteiger partial charge in [0.2, 0.25) is 5.91 Å². The van der Waals surface area contributed by atoms with E-state index in [1.807, 2.05) is 66.7 Å². The number of nitrogens with one attached hydrogen (secondary N) is 1. The Balaban J connectivity index is 1.69. The number of benzene rings is 3. The van der Waals surface area contributed by atoms with Gasteiger partial charge in [0.25, 0.3) is 0 Å². The van der Waals surface area contributed by atoms with Crippen molar-refractivity contribution in [2.45, 2.75) is 31.7 Å². The first-order valence-electron chi connectivity index (χ1n) is 9.18. The van der Waals surface area contributed by atoms with Gasteiger partial charge in [0.15, 0.2) is 0 Å². The monoisotopic (exact) mass is 343 g/mol. The Bertz CT molecular complexity index is 760. The second-order valence-electron chi connectivity index (χ2n) is 6.69. The third-order valence-corrected chi connectivity index (χ3v) is 4.63. The predicted molar refractivity (Wildman–Crippen MR) is 107 cm³/mol. The highest BCUT2D eigenvalue weighted by Crippen LogP contribution is 2.25. The number of aryl methyl sites for hydroxylation is 1. The van der Waals surface area contributed by atoms with Gasteiger partial charge in [0, 0.05) is 6.04 Å². The highest BCUT2D eigenvalue weighted by Gasteiger charge is 2.23. The summed E-state index contributed by atoms with van der Waals surface area (Å²) >= 11 is 0. The molecule has 2 heteroatoms. The van der Waals surface area contributed by atoms with Crippen LogP contribution in [0.4, 0.5) is 0 Å². The Labute approximate surface area is 155 Å². The fourth-order valence-corrected chi connectivity index (χ4v) is 3.21. The number of amides is 1. The Morgan fingerprint density at radius 2 is 1.23 bits per heavy atom. The van der Waals surface area contributed by atoms with Crippen molar-refractivity contribution in [2.75, 3.05) is 0 Å². The molecule has 1 unspecified atom stereocenters. The molecule has 0 aliphatic rings. The van der Waals surface area contributed by atoms with Gasteiger partial charge in [-0.3, -0.25) is 4.79 Å². The first kappa shape index (κ1) is 17.9. The van der Waals surface area contributed by atoms with Crippen molar-refractivity contribution in [2.24, 2.45) is 0 Å². The lowest BCUT2D eigenvalue weighted by atomic mass is 9.90. The van der Waals surface area contributed by atoms with Gasteiger partial charge in [-0.05, 0) is 36.5 Å². The van der Waals surface area contributed by atoms with Gasteiger partial charge >= 0.3 is 0 Å². The normalized spacial score (nSPS) is 11.9. The predicted octanol–water partition coefficient (Wildman–Crippen LogP) is 4.96. The molecule has 26 heavy (non-hydrogen) atoms. The van der Waals surface area contributed by atoms with Crippen LogP contribution in [0.2, 0.25) is 0 Å². The van der Waals surface area contributed by atoms with Crippen molar-refractivity contribution in [3.8, 4) is 0 Å². The molecule has 1 amide bonds. The molecule has 3 rings (SSSR count). The van der Waals surface area contributed by atoms with E-state index in [9.17, 15) is 4.79 Å². The number of carbonyl (C=O) groups excluding carboxylic acids is 1. The molecular formula is C24H25NO. The first-order chi connectivity index (χ1) is 12.7. The first-order valence-corrected chi connectivity index (χ1v) is 9.18. The summed E-state index contributed by atoms with van der Waals surface area (Å²) < 4.78 is 0. The molecule has 0 bridgehead atoms. The summed E-state index contributed by atoms with van der Waals surface area (Å²) in [5.41, 5.74) is 3.34. The van der Waals surface area contributed by atoms with Gasteiger partial charge in [-0.25, -0.2) is 0 Å². The molecule has 1 N–H and O–H groups in total. The molecule has 0 aromatic heterocycles. The summed E-state index contributed by atoms with van der Waals surface area (Å²) in [6.07, 6.45) is 1.88. The molecule has 0 saturated heterocycles. The van der Waals surface area contributed by atoms with Crippen molar-refractivity contribution < 1.29 is 4.79 Å². The second-order valence-corrected chi connectivity index (χ2v) is 6.69. The Hall–Kier alpha value is -2.87. The molecule has 0 fully saturated rings. The summed E-state index contributed by atoms with van der Waals surface area (Å²) in [5, 5.41) is 3.21. The summed E-state index contributed by atoms with van der Waals surface area (Å²) in [4.78, 5) is 13.1. The minimum Gasteiger partial charge on any atom is -0.353 e. The molecule has 132 valence electrons. The van der Waals surface area contributed by atoms with E-state index in [1.165, 1.54) is 5.56 Å². The molecule has 0 heterocycles. The lowest BCUT2D eigenvalue weighted by Gasteiger charge is -2.21. The fraction of sp³-hybridized carbons (Fsp3) is 0.208. The van der Waals surface area contributed by atoms with E-state index in [4.69, 9.17) is 0 Å². The highest BCUT2D eigenvalue weighted by atomic mass is 16.1. The lowest BCUT2D eigenvalue weighted by Crippen LogP contribution is -2.37. The van der Waals surface area contributed by atoms with Gasteiger partial charge in [0.1, 0.15) is 0 Å². The summed E-state index contributed by atoms with van der Waals surface area (Å²) in [6.45, 7) is 2.08. The van der Waals surface area contributed by atoms with Crippen LogP contribution in [0.15, 0.2) is 91.0 Å². The number of rotatable bonds is 7. The smallest absolute Gasteiger partial charge is 0.232 e. The largest absolute Gasteiger partial charge is 0.353 e. The van der Waals surface area contributed by atoms with Crippen LogP contribution in [0, 0.1) is 0 Å². The molecule has 0 aliphatic heterocycles. The maximum Gasteiger partial charge on any atom is 0.232 e. The zero-order valence-electron chi connectivity index (χ0n) is 15.1. The van der Waals surface area contributed by atoms with Gasteiger partial charge in [-0.2, -0.15) is 0 Å². The van der Waals surface area contributed by atoms with Crippen LogP contribution >= 0.6 is 0 Å². The minimum absolute atomic E-state index is 0.0583. The number of carbonyl (C=O) groups is 1. The molecular weight excluding hydrogens is 318 g/mol. The van der Waals surface area contributed by atoms with Crippen molar-refractivity contribution in [3.05, 3.63) is 108 Å². The molecule has 0 saturated carbocycles.